The highest BCUT2D eigenvalue weighted by molar-refractivity contribution is 9.10. The Balaban J connectivity index is 1.99. The molecule has 0 fully saturated rings. The molecule has 1 aliphatic rings. The Labute approximate surface area is 202 Å². The molecule has 2 aromatic carbocycles. The van der Waals surface area contributed by atoms with Crippen LogP contribution in [0.15, 0.2) is 68.0 Å². The van der Waals surface area contributed by atoms with E-state index < -0.39 is 12.0 Å². The number of fused-ring (bicyclic) bond motifs is 1. The molecule has 170 valence electrons. The summed E-state index contributed by atoms with van der Waals surface area (Å²) >= 11 is 4.55. The minimum atomic E-state index is -0.645. The number of phenols is 1. The number of allylic oxidation sites excluding steroid dienone is 1. The van der Waals surface area contributed by atoms with Gasteiger partial charge in [0.25, 0.3) is 5.56 Å². The van der Waals surface area contributed by atoms with Crippen LogP contribution in [0.5, 0.6) is 11.5 Å². The van der Waals surface area contributed by atoms with E-state index in [0.29, 0.717) is 37.1 Å². The molecular formula is C24H21BrN2O5S. The van der Waals surface area contributed by atoms with Crippen molar-refractivity contribution in [2.75, 3.05) is 14.2 Å². The fraction of sp³-hybridized carbons (Fsp3) is 0.208. The second kappa shape index (κ2) is 9.36. The Morgan fingerprint density at radius 1 is 1.27 bits per heavy atom. The third-order valence-electron chi connectivity index (χ3n) is 5.33. The van der Waals surface area contributed by atoms with Crippen LogP contribution in [0.3, 0.4) is 0 Å². The highest BCUT2D eigenvalue weighted by Crippen LogP contribution is 2.35. The molecule has 0 spiro atoms. The maximum Gasteiger partial charge on any atom is 0.338 e. The first-order valence-electron chi connectivity index (χ1n) is 10.1. The van der Waals surface area contributed by atoms with Crippen LogP contribution >= 0.6 is 27.3 Å². The molecule has 0 unspecified atom stereocenters. The van der Waals surface area contributed by atoms with Crippen molar-refractivity contribution in [3.05, 3.63) is 89.0 Å². The maximum atomic E-state index is 13.6. The quantitative estimate of drug-likeness (QED) is 0.513. The third kappa shape index (κ3) is 4.14. The predicted molar refractivity (Wildman–Crippen MR) is 129 cm³/mol. The van der Waals surface area contributed by atoms with E-state index in [1.165, 1.54) is 25.6 Å². The van der Waals surface area contributed by atoms with Gasteiger partial charge in [-0.2, -0.15) is 0 Å². The van der Waals surface area contributed by atoms with Crippen LogP contribution in [0.2, 0.25) is 0 Å². The number of aromatic nitrogens is 1. The van der Waals surface area contributed by atoms with Crippen molar-refractivity contribution >= 4 is 39.3 Å². The third-order valence-corrected chi connectivity index (χ3v) is 6.92. The number of phenolic OH excluding ortho intramolecular Hbond substituents is 1. The van der Waals surface area contributed by atoms with Crippen molar-refractivity contribution in [1.29, 1.82) is 0 Å². The number of methoxy groups -OCH3 is 2. The number of ether oxygens (including phenoxy) is 2. The molecule has 0 bridgehead atoms. The monoisotopic (exact) mass is 528 g/mol. The molecule has 3 aromatic rings. The Bertz CT molecular complexity index is 1440. The zero-order valence-electron chi connectivity index (χ0n) is 18.2. The van der Waals surface area contributed by atoms with Gasteiger partial charge in [0.05, 0.1) is 40.5 Å². The number of benzene rings is 2. The molecule has 1 N–H and O–H groups in total. The van der Waals surface area contributed by atoms with Crippen molar-refractivity contribution in [1.82, 2.24) is 4.57 Å². The second-order valence-electron chi connectivity index (χ2n) is 7.25. The van der Waals surface area contributed by atoms with E-state index in [2.05, 4.69) is 20.9 Å². The van der Waals surface area contributed by atoms with Crippen LogP contribution in [-0.2, 0) is 9.53 Å². The number of hydrogen-bond donors (Lipinski definition) is 1. The number of aromatic hydroxyl groups is 1. The summed E-state index contributed by atoms with van der Waals surface area (Å²) in [7, 11) is 2.78. The summed E-state index contributed by atoms with van der Waals surface area (Å²) in [5, 5.41) is 10.1. The topological polar surface area (TPSA) is 90.1 Å². The van der Waals surface area contributed by atoms with Gasteiger partial charge in [0.15, 0.2) is 16.3 Å². The number of carbonyl (C=O) groups excluding carboxylic acids is 1. The lowest BCUT2D eigenvalue weighted by Crippen LogP contribution is -2.40. The smallest absolute Gasteiger partial charge is 0.338 e. The van der Waals surface area contributed by atoms with Gasteiger partial charge < -0.3 is 14.6 Å². The highest BCUT2D eigenvalue weighted by Gasteiger charge is 2.33. The summed E-state index contributed by atoms with van der Waals surface area (Å²) in [6.07, 6.45) is 2.23. The largest absolute Gasteiger partial charge is 0.503 e. The Morgan fingerprint density at radius 3 is 2.64 bits per heavy atom. The van der Waals surface area contributed by atoms with Gasteiger partial charge in [-0.1, -0.05) is 48.6 Å². The van der Waals surface area contributed by atoms with E-state index in [-0.39, 0.29) is 17.1 Å². The number of halogens is 1. The van der Waals surface area contributed by atoms with Gasteiger partial charge in [-0.3, -0.25) is 9.36 Å². The molecule has 2 heterocycles. The average molecular weight is 529 g/mol. The lowest BCUT2D eigenvalue weighted by molar-refractivity contribution is -0.136. The van der Waals surface area contributed by atoms with E-state index >= 15 is 0 Å². The first kappa shape index (κ1) is 23.0. The summed E-state index contributed by atoms with van der Waals surface area (Å²) in [6, 6.07) is 12.1. The number of thiazole rings is 1. The Morgan fingerprint density at radius 2 is 2.00 bits per heavy atom. The minimum absolute atomic E-state index is 0.0181. The number of rotatable bonds is 5. The minimum Gasteiger partial charge on any atom is -0.503 e. The van der Waals surface area contributed by atoms with Gasteiger partial charge in [-0.25, -0.2) is 9.79 Å². The van der Waals surface area contributed by atoms with Crippen LogP contribution < -0.4 is 19.6 Å². The predicted octanol–water partition coefficient (Wildman–Crippen LogP) is 3.28. The molecular weight excluding hydrogens is 508 g/mol. The Hall–Kier alpha value is -3.17. The maximum absolute atomic E-state index is 13.6. The summed E-state index contributed by atoms with van der Waals surface area (Å²) < 4.78 is 12.7. The van der Waals surface area contributed by atoms with Gasteiger partial charge in [0, 0.05) is 0 Å². The summed E-state index contributed by atoms with van der Waals surface area (Å²) in [5.74, 6) is -0.242. The lowest BCUT2D eigenvalue weighted by Gasteiger charge is -2.25. The molecule has 0 aliphatic carbocycles. The van der Waals surface area contributed by atoms with E-state index in [4.69, 9.17) is 9.47 Å². The van der Waals surface area contributed by atoms with Crippen LogP contribution in [0.25, 0.3) is 6.08 Å². The normalized spacial score (nSPS) is 15.8. The number of carbonyl (C=O) groups is 1. The van der Waals surface area contributed by atoms with Crippen LogP contribution in [-0.4, -0.2) is 29.9 Å². The highest BCUT2D eigenvalue weighted by atomic mass is 79.9. The molecule has 7 nitrogen and oxygen atoms in total. The zero-order chi connectivity index (χ0) is 23.7. The van der Waals surface area contributed by atoms with E-state index in [9.17, 15) is 14.7 Å². The lowest BCUT2D eigenvalue weighted by atomic mass is 9.95. The van der Waals surface area contributed by atoms with Gasteiger partial charge >= 0.3 is 5.97 Å². The van der Waals surface area contributed by atoms with Crippen molar-refractivity contribution in [2.45, 2.75) is 19.4 Å². The van der Waals surface area contributed by atoms with Crippen LogP contribution in [0.4, 0.5) is 0 Å². The number of hydrogen-bond acceptors (Lipinski definition) is 7. The van der Waals surface area contributed by atoms with E-state index in [0.717, 1.165) is 5.56 Å². The second-order valence-corrected chi connectivity index (χ2v) is 9.12. The standard InChI is InChI=1S/C24H21BrN2O5S/c1-4-16-19(23(30)32-3)20(14-8-6-5-7-9-14)27-22(29)18(33-24(27)26-16)12-13-10-15(25)21(28)17(11-13)31-2/h5-12,20,28H,4H2,1-3H3/b18-12-/t20-/m1/s1. The zero-order valence-corrected chi connectivity index (χ0v) is 20.6. The van der Waals surface area contributed by atoms with Gasteiger partial charge in [-0.05, 0) is 51.7 Å². The molecule has 0 amide bonds. The van der Waals surface area contributed by atoms with Crippen LogP contribution in [0.1, 0.15) is 30.5 Å². The fourth-order valence-electron chi connectivity index (χ4n) is 3.80. The number of nitrogens with zero attached hydrogens (tertiary/aromatic N) is 2. The van der Waals surface area contributed by atoms with Gasteiger partial charge in [0.1, 0.15) is 0 Å². The average Bonchev–Trinajstić information content (AvgIpc) is 3.14. The first-order chi connectivity index (χ1) is 15.9. The molecule has 1 aliphatic heterocycles. The van der Waals surface area contributed by atoms with Crippen LogP contribution in [0, 0.1) is 0 Å². The molecule has 1 aromatic heterocycles. The molecule has 1 atom stereocenters. The molecule has 4 rings (SSSR count). The fourth-order valence-corrected chi connectivity index (χ4v) is 5.28. The molecule has 0 saturated heterocycles. The molecule has 9 heteroatoms. The van der Waals surface area contributed by atoms with Gasteiger partial charge in [0.2, 0.25) is 0 Å². The molecule has 0 radical (unpaired) electrons. The summed E-state index contributed by atoms with van der Waals surface area (Å²) in [4.78, 5) is 31.5. The van der Waals surface area contributed by atoms with E-state index in [1.54, 1.807) is 22.8 Å². The molecule has 33 heavy (non-hydrogen) atoms. The van der Waals surface area contributed by atoms with E-state index in [1.807, 2.05) is 37.3 Å². The van der Waals surface area contributed by atoms with Gasteiger partial charge in [-0.15, -0.1) is 0 Å². The molecule has 0 saturated carbocycles. The van der Waals surface area contributed by atoms with Crippen molar-refractivity contribution in [3.8, 4) is 11.5 Å². The van der Waals surface area contributed by atoms with Crippen molar-refractivity contribution in [3.63, 3.8) is 0 Å². The number of esters is 1. The van der Waals surface area contributed by atoms with Crippen molar-refractivity contribution < 1.29 is 19.4 Å². The summed E-state index contributed by atoms with van der Waals surface area (Å²) in [5.41, 5.74) is 2.14. The van der Waals surface area contributed by atoms with Crippen molar-refractivity contribution in [2.24, 2.45) is 4.99 Å². The first-order valence-corrected chi connectivity index (χ1v) is 11.7. The SMILES string of the molecule is CCC1=C(C(=O)OC)[C@@H](c2ccccc2)n2c(s/c(=C\c3cc(Br)c(O)c(OC)c3)c2=O)=N1. The Kier molecular flexibility index (Phi) is 6.53. The summed E-state index contributed by atoms with van der Waals surface area (Å²) in [6.45, 7) is 1.92.